The molecule has 10 heteroatoms. The number of nitrogens with one attached hydrogen (secondary N) is 1. The number of benzene rings is 2. The van der Waals surface area contributed by atoms with Gasteiger partial charge in [0.15, 0.2) is 5.13 Å². The van der Waals surface area contributed by atoms with Crippen LogP contribution >= 0.6 is 22.9 Å². The van der Waals surface area contributed by atoms with Crippen molar-refractivity contribution in [1.82, 2.24) is 9.88 Å². The number of carboxylic acid groups (broad SMARTS) is 1. The van der Waals surface area contributed by atoms with Crippen LogP contribution in [0.2, 0.25) is 5.02 Å². The number of likely N-dealkylation sites (tertiary alicyclic amines) is 1. The Bertz CT molecular complexity index is 1340. The maximum absolute atomic E-state index is 16.4. The number of aryl methyl sites for hydroxylation is 1. The van der Waals surface area contributed by atoms with Gasteiger partial charge < -0.3 is 15.2 Å². The number of fused-ring (bicyclic) bond motifs is 1. The Balaban J connectivity index is 1.28. The molecule has 2 heterocycles. The highest BCUT2D eigenvalue weighted by atomic mass is 35.5. The number of ether oxygens (including phenoxy) is 1. The van der Waals surface area contributed by atoms with Gasteiger partial charge in [-0.25, -0.2) is 9.88 Å². The SMILES string of the molecule is Cc1ccc2nc(Nc3ccc(CC(=O)C(F)(O[C@H]4CC[C@H](C(=O)O)CC4)N4CCCC4)cc3Cl)sc2c1. The Hall–Kier alpha value is -2.59. The number of nitrogens with zero attached hydrogens (tertiary/aromatic N) is 2. The van der Waals surface area contributed by atoms with Gasteiger partial charge in [0.25, 0.3) is 0 Å². The Morgan fingerprint density at radius 1 is 1.18 bits per heavy atom. The summed E-state index contributed by atoms with van der Waals surface area (Å²) in [6.07, 6.45) is 2.61. The van der Waals surface area contributed by atoms with E-state index in [-0.39, 0.29) is 6.42 Å². The number of halogens is 2. The van der Waals surface area contributed by atoms with E-state index in [9.17, 15) is 14.7 Å². The molecule has 1 aliphatic carbocycles. The molecule has 5 rings (SSSR count). The van der Waals surface area contributed by atoms with Gasteiger partial charge in [-0.05, 0) is 80.8 Å². The second-order valence-electron chi connectivity index (χ2n) is 10.2. The highest BCUT2D eigenvalue weighted by Crippen LogP contribution is 2.36. The summed E-state index contributed by atoms with van der Waals surface area (Å²) >= 11 is 8.07. The normalized spacial score (nSPS) is 21.9. The van der Waals surface area contributed by atoms with Crippen LogP contribution in [0.25, 0.3) is 10.2 Å². The van der Waals surface area contributed by atoms with Crippen molar-refractivity contribution in [3.63, 3.8) is 0 Å². The minimum Gasteiger partial charge on any atom is -0.481 e. The summed E-state index contributed by atoms with van der Waals surface area (Å²) in [6.45, 7) is 2.92. The number of aromatic nitrogens is 1. The summed E-state index contributed by atoms with van der Waals surface area (Å²) in [5.74, 6) is -4.48. The Morgan fingerprint density at radius 2 is 1.92 bits per heavy atom. The highest BCUT2D eigenvalue weighted by molar-refractivity contribution is 7.22. The van der Waals surface area contributed by atoms with Gasteiger partial charge in [-0.3, -0.25) is 9.59 Å². The molecule has 0 bridgehead atoms. The van der Waals surface area contributed by atoms with Gasteiger partial charge in [0, 0.05) is 19.5 Å². The monoisotopic (exact) mass is 559 g/mol. The van der Waals surface area contributed by atoms with Crippen molar-refractivity contribution < 1.29 is 23.8 Å². The third-order valence-electron chi connectivity index (χ3n) is 7.39. The lowest BCUT2D eigenvalue weighted by Crippen LogP contribution is -2.54. The fraction of sp³-hybridized carbons (Fsp3) is 0.464. The lowest BCUT2D eigenvalue weighted by Gasteiger charge is -2.37. The number of carboxylic acids is 1. The molecule has 38 heavy (non-hydrogen) atoms. The first-order chi connectivity index (χ1) is 18.2. The quantitative estimate of drug-likeness (QED) is 0.289. The van der Waals surface area contributed by atoms with E-state index < -0.39 is 29.8 Å². The van der Waals surface area contributed by atoms with Crippen molar-refractivity contribution in [3.05, 3.63) is 52.5 Å². The maximum atomic E-state index is 16.4. The lowest BCUT2D eigenvalue weighted by molar-refractivity contribution is -0.252. The zero-order valence-corrected chi connectivity index (χ0v) is 22.8. The number of thiazole rings is 1. The topological polar surface area (TPSA) is 91.8 Å². The molecule has 0 radical (unpaired) electrons. The predicted octanol–water partition coefficient (Wildman–Crippen LogP) is 6.49. The summed E-state index contributed by atoms with van der Waals surface area (Å²) in [5, 5.41) is 13.6. The molecule has 0 spiro atoms. The number of carbonyl (C=O) groups excluding carboxylic acids is 1. The minimum atomic E-state index is -2.54. The number of aliphatic carboxylic acids is 1. The zero-order valence-electron chi connectivity index (χ0n) is 21.2. The number of anilines is 2. The molecule has 2 aliphatic rings. The van der Waals surface area contributed by atoms with Gasteiger partial charge in [-0.15, -0.1) is 0 Å². The number of carbonyl (C=O) groups is 2. The third-order valence-corrected chi connectivity index (χ3v) is 8.63. The molecule has 0 amide bonds. The summed E-state index contributed by atoms with van der Waals surface area (Å²) in [6, 6.07) is 11.3. The largest absolute Gasteiger partial charge is 0.481 e. The summed E-state index contributed by atoms with van der Waals surface area (Å²) < 4.78 is 23.3. The molecule has 1 saturated heterocycles. The van der Waals surface area contributed by atoms with Crippen LogP contribution in [0.4, 0.5) is 15.2 Å². The van der Waals surface area contributed by atoms with Crippen molar-refractivity contribution in [1.29, 1.82) is 0 Å². The molecular formula is C28H31ClFN3O4S. The van der Waals surface area contributed by atoms with Gasteiger partial charge in [-0.1, -0.05) is 35.1 Å². The molecule has 2 N–H and O–H groups in total. The van der Waals surface area contributed by atoms with E-state index in [4.69, 9.17) is 16.3 Å². The average Bonchev–Trinajstić information content (AvgIpc) is 3.56. The standard InChI is InChI=1S/C28H31ClFN3O4S/c1-17-4-10-23-24(14-17)38-27(32-23)31-22-11-5-18(15-21(22)29)16-25(34)28(30,33-12-2-3-13-33)37-20-8-6-19(7-9-20)26(35)36/h4-5,10-11,14-15,19-20H,2-3,6-9,12-13,16H2,1H3,(H,31,32)(H,35,36)/t19-,20-,28?. The molecule has 3 aromatic rings. The molecule has 1 aliphatic heterocycles. The van der Waals surface area contributed by atoms with Crippen LogP contribution in [0.15, 0.2) is 36.4 Å². The number of alkyl halides is 1. The van der Waals surface area contributed by atoms with Crippen LogP contribution in [-0.4, -0.2) is 51.9 Å². The number of rotatable bonds is 9. The van der Waals surface area contributed by atoms with Crippen molar-refractivity contribution >= 4 is 55.7 Å². The second-order valence-corrected chi connectivity index (χ2v) is 11.7. The van der Waals surface area contributed by atoms with E-state index in [0.29, 0.717) is 60.2 Å². The van der Waals surface area contributed by atoms with Crippen LogP contribution in [0.5, 0.6) is 0 Å². The van der Waals surface area contributed by atoms with E-state index in [0.717, 1.165) is 28.6 Å². The summed E-state index contributed by atoms with van der Waals surface area (Å²) in [5.41, 5.74) is 3.30. The van der Waals surface area contributed by atoms with Crippen molar-refractivity contribution in [3.8, 4) is 0 Å². The smallest absolute Gasteiger partial charge is 0.330 e. The fourth-order valence-electron chi connectivity index (χ4n) is 5.23. The number of hydrogen-bond acceptors (Lipinski definition) is 7. The van der Waals surface area contributed by atoms with Crippen LogP contribution in [0, 0.1) is 12.8 Å². The first-order valence-electron chi connectivity index (χ1n) is 13.0. The average molecular weight is 560 g/mol. The van der Waals surface area contributed by atoms with E-state index in [1.807, 2.05) is 19.1 Å². The van der Waals surface area contributed by atoms with Gasteiger partial charge in [0.05, 0.1) is 32.9 Å². The van der Waals surface area contributed by atoms with Gasteiger partial charge >= 0.3 is 11.9 Å². The third kappa shape index (κ3) is 5.86. The van der Waals surface area contributed by atoms with Crippen LogP contribution in [-0.2, 0) is 20.7 Å². The summed E-state index contributed by atoms with van der Waals surface area (Å²) in [4.78, 5) is 30.7. The molecule has 1 atom stereocenters. The van der Waals surface area contributed by atoms with E-state index in [2.05, 4.69) is 16.4 Å². The molecule has 202 valence electrons. The van der Waals surface area contributed by atoms with Crippen molar-refractivity contribution in [2.24, 2.45) is 5.92 Å². The molecule has 1 saturated carbocycles. The zero-order chi connectivity index (χ0) is 26.9. The number of hydrogen-bond donors (Lipinski definition) is 2. The highest BCUT2D eigenvalue weighted by Gasteiger charge is 2.48. The first-order valence-corrected chi connectivity index (χ1v) is 14.2. The summed E-state index contributed by atoms with van der Waals surface area (Å²) in [7, 11) is 0. The van der Waals surface area contributed by atoms with Gasteiger partial charge in [-0.2, -0.15) is 4.39 Å². The predicted molar refractivity (Wildman–Crippen MR) is 147 cm³/mol. The van der Waals surface area contributed by atoms with Crippen LogP contribution < -0.4 is 5.32 Å². The Labute approximate surface area is 230 Å². The maximum Gasteiger partial charge on any atom is 0.330 e. The van der Waals surface area contributed by atoms with E-state index in [1.165, 1.54) is 16.2 Å². The molecule has 2 fully saturated rings. The van der Waals surface area contributed by atoms with Crippen LogP contribution in [0.3, 0.4) is 0 Å². The van der Waals surface area contributed by atoms with Crippen LogP contribution in [0.1, 0.15) is 49.7 Å². The molecule has 7 nitrogen and oxygen atoms in total. The second kappa shape index (κ2) is 11.3. The van der Waals surface area contributed by atoms with Gasteiger partial charge in [0.2, 0.25) is 5.78 Å². The Morgan fingerprint density at radius 3 is 2.61 bits per heavy atom. The number of Topliss-reactive ketones (excluding diaryl/α,β-unsaturated/α-hetero) is 1. The molecular weight excluding hydrogens is 529 g/mol. The van der Waals surface area contributed by atoms with E-state index >= 15 is 4.39 Å². The number of ketones is 1. The first kappa shape index (κ1) is 27.0. The molecule has 2 aromatic carbocycles. The van der Waals surface area contributed by atoms with Crippen molar-refractivity contribution in [2.75, 3.05) is 18.4 Å². The van der Waals surface area contributed by atoms with Gasteiger partial charge in [0.1, 0.15) is 0 Å². The van der Waals surface area contributed by atoms with E-state index in [1.54, 1.807) is 18.2 Å². The minimum absolute atomic E-state index is 0.169. The molecule has 1 aromatic heterocycles. The Kier molecular flexibility index (Phi) is 8.00. The molecule has 1 unspecified atom stereocenters. The lowest BCUT2D eigenvalue weighted by atomic mass is 9.87. The van der Waals surface area contributed by atoms with Crippen molar-refractivity contribution in [2.45, 2.75) is 64.0 Å². The fourth-order valence-corrected chi connectivity index (χ4v) is 6.46.